The smallest absolute Gasteiger partial charge is 0.0444 e. The van der Waals surface area contributed by atoms with Crippen LogP contribution in [0.3, 0.4) is 0 Å². The van der Waals surface area contributed by atoms with Crippen LogP contribution in [-0.2, 0) is 11.8 Å². The second kappa shape index (κ2) is 5.12. The number of benzene rings is 2. The SMILES string of the molecule is CCC1(c2ccccc2)CC(C)(C)N2CCCc3cccc1c32. The Balaban J connectivity index is 2.02. The Morgan fingerprint density at radius 2 is 1.78 bits per heavy atom. The van der Waals surface area contributed by atoms with E-state index in [9.17, 15) is 0 Å². The van der Waals surface area contributed by atoms with Crippen LogP contribution < -0.4 is 4.90 Å². The molecule has 120 valence electrons. The lowest BCUT2D eigenvalue weighted by Gasteiger charge is -2.55. The number of aryl methyl sites for hydroxylation is 1. The van der Waals surface area contributed by atoms with Gasteiger partial charge in [0.05, 0.1) is 0 Å². The molecule has 23 heavy (non-hydrogen) atoms. The van der Waals surface area contributed by atoms with E-state index < -0.39 is 0 Å². The molecular formula is C22H27N. The summed E-state index contributed by atoms with van der Waals surface area (Å²) in [6, 6.07) is 18.2. The van der Waals surface area contributed by atoms with Crippen LogP contribution in [0.1, 0.15) is 56.7 Å². The largest absolute Gasteiger partial charge is 0.366 e. The normalized spacial score (nSPS) is 25.1. The van der Waals surface area contributed by atoms with Crippen LogP contribution in [0.5, 0.6) is 0 Å². The highest BCUT2D eigenvalue weighted by molar-refractivity contribution is 5.69. The zero-order chi connectivity index (χ0) is 16.1. The van der Waals surface area contributed by atoms with Gasteiger partial charge in [0.2, 0.25) is 0 Å². The number of nitrogens with zero attached hydrogens (tertiary/aromatic N) is 1. The average molecular weight is 305 g/mol. The van der Waals surface area contributed by atoms with Gasteiger partial charge in [0, 0.05) is 23.2 Å². The van der Waals surface area contributed by atoms with Crippen molar-refractivity contribution in [1.82, 2.24) is 0 Å². The molecule has 2 heterocycles. The quantitative estimate of drug-likeness (QED) is 0.726. The lowest BCUT2D eigenvalue weighted by Crippen LogP contribution is -2.55. The molecule has 2 aliphatic heterocycles. The molecular weight excluding hydrogens is 278 g/mol. The molecule has 1 unspecified atom stereocenters. The highest BCUT2D eigenvalue weighted by atomic mass is 15.2. The van der Waals surface area contributed by atoms with Gasteiger partial charge in [-0.3, -0.25) is 0 Å². The van der Waals surface area contributed by atoms with E-state index >= 15 is 0 Å². The third kappa shape index (κ3) is 2.06. The fraction of sp³-hybridized carbons (Fsp3) is 0.455. The molecule has 0 fully saturated rings. The molecule has 1 heteroatoms. The van der Waals surface area contributed by atoms with Gasteiger partial charge < -0.3 is 4.90 Å². The van der Waals surface area contributed by atoms with Gasteiger partial charge in [-0.05, 0) is 56.2 Å². The van der Waals surface area contributed by atoms with Crippen molar-refractivity contribution in [2.45, 2.75) is 57.4 Å². The van der Waals surface area contributed by atoms with E-state index in [-0.39, 0.29) is 11.0 Å². The Kier molecular flexibility index (Phi) is 3.30. The van der Waals surface area contributed by atoms with Gasteiger partial charge in [-0.1, -0.05) is 55.5 Å². The summed E-state index contributed by atoms with van der Waals surface area (Å²) < 4.78 is 0. The van der Waals surface area contributed by atoms with Crippen molar-refractivity contribution in [1.29, 1.82) is 0 Å². The summed E-state index contributed by atoms with van der Waals surface area (Å²) in [5.74, 6) is 0. The van der Waals surface area contributed by atoms with Crippen molar-refractivity contribution in [2.75, 3.05) is 11.4 Å². The first-order valence-electron chi connectivity index (χ1n) is 9.04. The topological polar surface area (TPSA) is 3.24 Å². The first-order chi connectivity index (χ1) is 11.1. The second-order valence-electron chi connectivity index (χ2n) is 7.86. The van der Waals surface area contributed by atoms with Gasteiger partial charge in [0.15, 0.2) is 0 Å². The molecule has 0 bridgehead atoms. The van der Waals surface area contributed by atoms with E-state index in [1.807, 2.05) is 0 Å². The Hall–Kier alpha value is -1.76. The van der Waals surface area contributed by atoms with Gasteiger partial charge in [0.1, 0.15) is 0 Å². The lowest BCUT2D eigenvalue weighted by atomic mass is 9.61. The maximum absolute atomic E-state index is 2.69. The molecule has 1 atom stereocenters. The predicted octanol–water partition coefficient (Wildman–Crippen LogP) is 5.32. The molecule has 2 aromatic carbocycles. The predicted molar refractivity (Wildman–Crippen MR) is 98.3 cm³/mol. The van der Waals surface area contributed by atoms with Crippen LogP contribution >= 0.6 is 0 Å². The summed E-state index contributed by atoms with van der Waals surface area (Å²) in [6.07, 6.45) is 4.86. The average Bonchev–Trinajstić information content (AvgIpc) is 2.59. The van der Waals surface area contributed by atoms with E-state index in [0.717, 1.165) is 6.42 Å². The number of rotatable bonds is 2. The molecule has 2 aliphatic rings. The molecule has 0 spiro atoms. The van der Waals surface area contributed by atoms with Crippen molar-refractivity contribution in [2.24, 2.45) is 0 Å². The number of hydrogen-bond donors (Lipinski definition) is 0. The summed E-state index contributed by atoms with van der Waals surface area (Å²) in [5.41, 5.74) is 6.48. The van der Waals surface area contributed by atoms with Crippen LogP contribution in [0, 0.1) is 0 Å². The highest BCUT2D eigenvalue weighted by Crippen LogP contribution is 2.54. The molecule has 0 radical (unpaired) electrons. The van der Waals surface area contributed by atoms with Crippen molar-refractivity contribution < 1.29 is 0 Å². The van der Waals surface area contributed by atoms with Gasteiger partial charge in [-0.15, -0.1) is 0 Å². The number of hydrogen-bond acceptors (Lipinski definition) is 1. The van der Waals surface area contributed by atoms with Crippen LogP contribution in [-0.4, -0.2) is 12.1 Å². The number of anilines is 1. The van der Waals surface area contributed by atoms with Crippen LogP contribution in [0.25, 0.3) is 0 Å². The van der Waals surface area contributed by atoms with E-state index in [2.05, 4.69) is 74.2 Å². The molecule has 4 rings (SSSR count). The van der Waals surface area contributed by atoms with Crippen molar-refractivity contribution >= 4 is 5.69 Å². The molecule has 1 nitrogen and oxygen atoms in total. The molecule has 0 saturated heterocycles. The molecule has 0 aliphatic carbocycles. The highest BCUT2D eigenvalue weighted by Gasteiger charge is 2.48. The third-order valence-corrected chi connectivity index (χ3v) is 6.13. The maximum Gasteiger partial charge on any atom is 0.0444 e. The Morgan fingerprint density at radius 1 is 1.00 bits per heavy atom. The summed E-state index contributed by atoms with van der Waals surface area (Å²) in [4.78, 5) is 2.69. The van der Waals surface area contributed by atoms with Gasteiger partial charge in [-0.2, -0.15) is 0 Å². The minimum absolute atomic E-state index is 0.143. The molecule has 0 saturated carbocycles. The Morgan fingerprint density at radius 3 is 2.52 bits per heavy atom. The minimum Gasteiger partial charge on any atom is -0.366 e. The fourth-order valence-corrected chi connectivity index (χ4v) is 5.11. The molecule has 0 N–H and O–H groups in total. The van der Waals surface area contributed by atoms with Gasteiger partial charge >= 0.3 is 0 Å². The second-order valence-corrected chi connectivity index (χ2v) is 7.86. The summed E-state index contributed by atoms with van der Waals surface area (Å²) in [6.45, 7) is 8.43. The van der Waals surface area contributed by atoms with Crippen molar-refractivity contribution in [3.05, 3.63) is 65.2 Å². The molecule has 2 aromatic rings. The standard InChI is InChI=1S/C22H27N/c1-4-22(18-12-6-5-7-13-18)16-21(2,3)23-15-9-11-17-10-8-14-19(22)20(17)23/h5-8,10,12-14H,4,9,11,15-16H2,1-3H3. The Bertz CT molecular complexity index is 716. The van der Waals surface area contributed by atoms with E-state index in [0.29, 0.717) is 0 Å². The Labute approximate surface area is 140 Å². The molecule has 0 amide bonds. The van der Waals surface area contributed by atoms with Crippen LogP contribution in [0.2, 0.25) is 0 Å². The third-order valence-electron chi connectivity index (χ3n) is 6.13. The summed E-state index contributed by atoms with van der Waals surface area (Å²) in [5, 5.41) is 0. The zero-order valence-corrected chi connectivity index (χ0v) is 14.6. The monoisotopic (exact) mass is 305 g/mol. The van der Waals surface area contributed by atoms with Gasteiger partial charge in [-0.25, -0.2) is 0 Å². The van der Waals surface area contributed by atoms with Crippen LogP contribution in [0.4, 0.5) is 5.69 Å². The first-order valence-corrected chi connectivity index (χ1v) is 9.04. The van der Waals surface area contributed by atoms with E-state index in [4.69, 9.17) is 0 Å². The first kappa shape index (κ1) is 14.8. The van der Waals surface area contributed by atoms with Gasteiger partial charge in [0.25, 0.3) is 0 Å². The van der Waals surface area contributed by atoms with Crippen LogP contribution in [0.15, 0.2) is 48.5 Å². The minimum atomic E-state index is 0.143. The zero-order valence-electron chi connectivity index (χ0n) is 14.6. The summed E-state index contributed by atoms with van der Waals surface area (Å²) >= 11 is 0. The maximum atomic E-state index is 2.69. The molecule has 0 aromatic heterocycles. The fourth-order valence-electron chi connectivity index (χ4n) is 5.11. The van der Waals surface area contributed by atoms with E-state index in [1.54, 1.807) is 16.8 Å². The lowest BCUT2D eigenvalue weighted by molar-refractivity contribution is 0.293. The van der Waals surface area contributed by atoms with E-state index in [1.165, 1.54) is 31.4 Å². The van der Waals surface area contributed by atoms with Crippen molar-refractivity contribution in [3.8, 4) is 0 Å². The summed E-state index contributed by atoms with van der Waals surface area (Å²) in [7, 11) is 0. The number of para-hydroxylation sites is 1. The van der Waals surface area contributed by atoms with Crippen molar-refractivity contribution in [3.63, 3.8) is 0 Å².